The molecule has 2 N–H and O–H groups in total. The van der Waals surface area contributed by atoms with Crippen molar-refractivity contribution < 1.29 is 4.79 Å². The molecule has 0 radical (unpaired) electrons. The van der Waals surface area contributed by atoms with Crippen molar-refractivity contribution in [3.05, 3.63) is 102 Å². The van der Waals surface area contributed by atoms with Crippen LogP contribution in [0.4, 0.5) is 11.5 Å². The Balaban J connectivity index is 0.00000124. The number of anilines is 2. The Hall–Kier alpha value is -3.66. The molecule has 0 aliphatic rings. The maximum absolute atomic E-state index is 13.0. The number of benzene rings is 3. The maximum atomic E-state index is 13.0. The van der Waals surface area contributed by atoms with E-state index < -0.39 is 0 Å². The number of aromatic nitrogens is 1. The Morgan fingerprint density at radius 2 is 1.43 bits per heavy atom. The smallest absolute Gasteiger partial charge is 0.256 e. The Bertz CT molecular complexity index is 1100. The molecule has 0 aliphatic heterocycles. The molecule has 0 saturated heterocycles. The molecule has 0 saturated carbocycles. The van der Waals surface area contributed by atoms with Crippen LogP contribution in [0.25, 0.3) is 10.9 Å². The first-order valence-electron chi connectivity index (χ1n) is 10.3. The quantitative estimate of drug-likeness (QED) is 0.395. The lowest BCUT2D eigenvalue weighted by molar-refractivity contribution is 0.102. The highest BCUT2D eigenvalue weighted by atomic mass is 16.1. The highest BCUT2D eigenvalue weighted by Gasteiger charge is 2.14. The van der Waals surface area contributed by atoms with Crippen LogP contribution in [0.15, 0.2) is 91.0 Å². The Labute approximate surface area is 178 Å². The summed E-state index contributed by atoms with van der Waals surface area (Å²) in [6, 6.07) is 29.2. The van der Waals surface area contributed by atoms with Crippen LogP contribution in [0.3, 0.4) is 0 Å². The summed E-state index contributed by atoms with van der Waals surface area (Å²) in [7, 11) is 0. The van der Waals surface area contributed by atoms with Gasteiger partial charge in [0.1, 0.15) is 5.82 Å². The number of para-hydroxylation sites is 2. The number of nitrogens with one attached hydrogen (secondary N) is 2. The topological polar surface area (TPSA) is 54.0 Å². The molecule has 30 heavy (non-hydrogen) atoms. The van der Waals surface area contributed by atoms with Crippen LogP contribution in [0.2, 0.25) is 0 Å². The lowest BCUT2D eigenvalue weighted by Gasteiger charge is -2.17. The predicted octanol–water partition coefficient (Wildman–Crippen LogP) is 6.69. The number of nitrogens with zero attached hydrogens (tertiary/aromatic N) is 1. The maximum Gasteiger partial charge on any atom is 0.256 e. The number of carbonyl (C=O) groups is 1. The van der Waals surface area contributed by atoms with E-state index >= 15 is 0 Å². The number of pyridine rings is 1. The van der Waals surface area contributed by atoms with Gasteiger partial charge in [0.25, 0.3) is 5.91 Å². The van der Waals surface area contributed by atoms with Gasteiger partial charge in [-0.05, 0) is 36.8 Å². The van der Waals surface area contributed by atoms with Crippen molar-refractivity contribution in [1.82, 2.24) is 4.98 Å². The summed E-state index contributed by atoms with van der Waals surface area (Å²) in [4.78, 5) is 17.7. The number of fused-ring (bicyclic) bond motifs is 1. The molecular formula is C26H27N3O. The fourth-order valence-electron chi connectivity index (χ4n) is 3.20. The molecule has 1 unspecified atom stereocenters. The standard InChI is InChI=1S/C24H21N3O.C2H6/c1-17(18-10-4-2-5-11-18)25-23-16-21(20-14-8-9-15-22(20)27-23)24(28)26-19-12-6-3-7-13-19;1-2/h2-17H,1H3,(H,25,27)(H,26,28);1-2H3. The van der Waals surface area contributed by atoms with Crippen LogP contribution < -0.4 is 10.6 Å². The molecule has 0 bridgehead atoms. The van der Waals surface area contributed by atoms with Crippen molar-refractivity contribution >= 4 is 28.3 Å². The van der Waals surface area contributed by atoms with Gasteiger partial charge < -0.3 is 10.6 Å². The van der Waals surface area contributed by atoms with E-state index in [1.807, 2.05) is 92.7 Å². The summed E-state index contributed by atoms with van der Waals surface area (Å²) < 4.78 is 0. The van der Waals surface area contributed by atoms with E-state index in [1.165, 1.54) is 0 Å². The van der Waals surface area contributed by atoms with Gasteiger partial charge in [-0.3, -0.25) is 4.79 Å². The van der Waals surface area contributed by atoms with Crippen LogP contribution in [-0.2, 0) is 0 Å². The summed E-state index contributed by atoms with van der Waals surface area (Å²) in [6.07, 6.45) is 0. The molecule has 0 fully saturated rings. The lowest BCUT2D eigenvalue weighted by Crippen LogP contribution is -2.14. The Morgan fingerprint density at radius 1 is 0.833 bits per heavy atom. The second kappa shape index (κ2) is 10.2. The molecule has 0 spiro atoms. The van der Waals surface area contributed by atoms with E-state index in [-0.39, 0.29) is 11.9 Å². The molecule has 1 aromatic heterocycles. The molecule has 4 aromatic rings. The van der Waals surface area contributed by atoms with Crippen LogP contribution in [0, 0.1) is 0 Å². The van der Waals surface area contributed by atoms with Crippen LogP contribution in [0.1, 0.15) is 42.7 Å². The number of rotatable bonds is 5. The predicted molar refractivity (Wildman–Crippen MR) is 126 cm³/mol. The minimum absolute atomic E-state index is 0.0693. The second-order valence-corrected chi connectivity index (χ2v) is 6.67. The molecule has 152 valence electrons. The van der Waals surface area contributed by atoms with Crippen LogP contribution >= 0.6 is 0 Å². The van der Waals surface area contributed by atoms with Gasteiger partial charge in [0.2, 0.25) is 0 Å². The Morgan fingerprint density at radius 3 is 2.13 bits per heavy atom. The van der Waals surface area contributed by atoms with E-state index in [1.54, 1.807) is 0 Å². The number of carbonyl (C=O) groups excluding carboxylic acids is 1. The van der Waals surface area contributed by atoms with E-state index in [2.05, 4.69) is 29.7 Å². The summed E-state index contributed by atoms with van der Waals surface area (Å²) in [5.74, 6) is 0.522. The largest absolute Gasteiger partial charge is 0.364 e. The molecular weight excluding hydrogens is 370 g/mol. The molecule has 1 atom stereocenters. The number of hydrogen-bond donors (Lipinski definition) is 2. The average Bonchev–Trinajstić information content (AvgIpc) is 2.81. The monoisotopic (exact) mass is 397 g/mol. The first kappa shape index (κ1) is 21.1. The highest BCUT2D eigenvalue weighted by molar-refractivity contribution is 6.13. The van der Waals surface area contributed by atoms with Gasteiger partial charge in [-0.15, -0.1) is 0 Å². The molecule has 4 rings (SSSR count). The normalized spacial score (nSPS) is 11.2. The van der Waals surface area contributed by atoms with Gasteiger partial charge >= 0.3 is 0 Å². The summed E-state index contributed by atoms with van der Waals surface area (Å²) in [6.45, 7) is 6.08. The van der Waals surface area contributed by atoms with Crippen LogP contribution in [0.5, 0.6) is 0 Å². The zero-order valence-electron chi connectivity index (χ0n) is 17.6. The SMILES string of the molecule is CC.CC(Nc1cc(C(=O)Nc2ccccc2)c2ccccc2n1)c1ccccc1. The van der Waals surface area contributed by atoms with Crippen molar-refractivity contribution in [3.63, 3.8) is 0 Å². The van der Waals surface area contributed by atoms with Gasteiger partial charge in [0.05, 0.1) is 11.1 Å². The summed E-state index contributed by atoms with van der Waals surface area (Å²) in [5.41, 5.74) is 3.30. The summed E-state index contributed by atoms with van der Waals surface area (Å²) >= 11 is 0. The highest BCUT2D eigenvalue weighted by Crippen LogP contribution is 2.25. The van der Waals surface area contributed by atoms with E-state index in [4.69, 9.17) is 4.98 Å². The van der Waals surface area contributed by atoms with Crippen molar-refractivity contribution in [2.75, 3.05) is 10.6 Å². The van der Waals surface area contributed by atoms with E-state index in [0.29, 0.717) is 11.4 Å². The summed E-state index contributed by atoms with van der Waals surface area (Å²) in [5, 5.41) is 7.21. The fourth-order valence-corrected chi connectivity index (χ4v) is 3.20. The Kier molecular flexibility index (Phi) is 7.17. The van der Waals surface area contributed by atoms with Crippen molar-refractivity contribution in [2.45, 2.75) is 26.8 Å². The molecule has 4 nitrogen and oxygen atoms in total. The van der Waals surface area contributed by atoms with E-state index in [9.17, 15) is 4.79 Å². The third-order valence-corrected chi connectivity index (χ3v) is 4.66. The van der Waals surface area contributed by atoms with Gasteiger partial charge in [-0.2, -0.15) is 0 Å². The molecule has 0 aliphatic carbocycles. The van der Waals surface area contributed by atoms with Crippen molar-refractivity contribution in [3.8, 4) is 0 Å². The van der Waals surface area contributed by atoms with Gasteiger partial charge in [0.15, 0.2) is 0 Å². The van der Waals surface area contributed by atoms with Crippen LogP contribution in [-0.4, -0.2) is 10.9 Å². The van der Waals surface area contributed by atoms with E-state index in [0.717, 1.165) is 22.2 Å². The first-order chi connectivity index (χ1) is 14.7. The lowest BCUT2D eigenvalue weighted by atomic mass is 10.1. The minimum Gasteiger partial charge on any atom is -0.364 e. The number of amides is 1. The van der Waals surface area contributed by atoms with Gasteiger partial charge in [-0.25, -0.2) is 4.98 Å². The average molecular weight is 398 g/mol. The molecule has 3 aromatic carbocycles. The van der Waals surface area contributed by atoms with Crippen molar-refractivity contribution in [2.24, 2.45) is 0 Å². The van der Waals surface area contributed by atoms with Gasteiger partial charge in [0, 0.05) is 17.1 Å². The van der Waals surface area contributed by atoms with Crippen molar-refractivity contribution in [1.29, 1.82) is 0 Å². The third-order valence-electron chi connectivity index (χ3n) is 4.66. The number of hydrogen-bond acceptors (Lipinski definition) is 3. The van der Waals surface area contributed by atoms with Gasteiger partial charge in [-0.1, -0.05) is 80.6 Å². The molecule has 1 amide bonds. The molecule has 4 heteroatoms. The second-order valence-electron chi connectivity index (χ2n) is 6.67. The fraction of sp³-hybridized carbons (Fsp3) is 0.154. The zero-order chi connectivity index (χ0) is 21.3. The molecule has 1 heterocycles. The third kappa shape index (κ3) is 5.03. The minimum atomic E-state index is -0.153. The first-order valence-corrected chi connectivity index (χ1v) is 10.3. The zero-order valence-corrected chi connectivity index (χ0v) is 17.6.